The van der Waals surface area contributed by atoms with Gasteiger partial charge in [0.25, 0.3) is 0 Å². The second-order valence-corrected chi connectivity index (χ2v) is 10.8. The van der Waals surface area contributed by atoms with E-state index in [9.17, 15) is 18.3 Å². The van der Waals surface area contributed by atoms with Gasteiger partial charge in [-0.1, -0.05) is 54.6 Å². The average molecular weight is 630 g/mol. The fourth-order valence-corrected chi connectivity index (χ4v) is 5.78. The maximum atomic E-state index is 13.6. The molecule has 0 saturated heterocycles. The number of alkyl halides is 3. The van der Waals surface area contributed by atoms with Gasteiger partial charge in [0.15, 0.2) is 0 Å². The topological polar surface area (TPSA) is 51.4 Å². The first-order chi connectivity index (χ1) is 20.0. The van der Waals surface area contributed by atoms with E-state index in [1.807, 2.05) is 74.5 Å². The summed E-state index contributed by atoms with van der Waals surface area (Å²) in [4.78, 5) is 4.16. The van der Waals surface area contributed by atoms with Crippen LogP contribution in [0.1, 0.15) is 36.1 Å². The number of likely N-dealkylation sites (N-methyl/N-ethyl adjacent to an activating group) is 1. The van der Waals surface area contributed by atoms with Gasteiger partial charge in [0.05, 0.1) is 11.8 Å². The monoisotopic (exact) mass is 629 g/mol. The summed E-state index contributed by atoms with van der Waals surface area (Å²) in [5, 5.41) is 20.8. The van der Waals surface area contributed by atoms with E-state index in [1.165, 1.54) is 18.3 Å². The van der Waals surface area contributed by atoms with Crippen LogP contribution in [0.15, 0.2) is 107 Å². The molecule has 225 valence electrons. The molecule has 9 heteroatoms. The van der Waals surface area contributed by atoms with Gasteiger partial charge >= 0.3 is 6.18 Å². The zero-order valence-corrected chi connectivity index (χ0v) is 25.4. The summed E-state index contributed by atoms with van der Waals surface area (Å²) in [7, 11) is 3.92. The van der Waals surface area contributed by atoms with Crippen molar-refractivity contribution in [3.63, 3.8) is 0 Å². The maximum Gasteiger partial charge on any atom is 0.416 e. The Morgan fingerprint density at radius 2 is 1.70 bits per heavy atom. The third kappa shape index (κ3) is 6.33. The minimum atomic E-state index is -4.42. The number of fused-ring (bicyclic) bond motifs is 2. The first-order valence-electron chi connectivity index (χ1n) is 13.8. The number of aliphatic hydroxyl groups is 1. The number of hydrogen-bond donors (Lipinski definition) is 1. The van der Waals surface area contributed by atoms with Gasteiger partial charge in [0.2, 0.25) is 5.90 Å². The minimum absolute atomic E-state index is 0. The molecule has 4 aromatic rings. The second kappa shape index (κ2) is 12.6. The molecule has 1 radical (unpaired) electrons. The van der Waals surface area contributed by atoms with Crippen molar-refractivity contribution >= 4 is 34.3 Å². The van der Waals surface area contributed by atoms with Gasteiger partial charge in [-0.25, -0.2) is 0 Å². The largest absolute Gasteiger partial charge is 0.492 e. The molecule has 0 spiro atoms. The van der Waals surface area contributed by atoms with Crippen molar-refractivity contribution in [3.8, 4) is 0 Å². The van der Waals surface area contributed by atoms with E-state index in [4.69, 9.17) is 0 Å². The van der Waals surface area contributed by atoms with Crippen LogP contribution in [0.3, 0.4) is 0 Å². The molecular weight excluding hydrogens is 596 g/mol. The standard InChI is InChI=1S/C34H33F3N4O.Co/c1-5-41-30-17-16-26(40(3)4)21-29(30)33(2,22-23-10-8-13-25(20-23)34(35,36)37)31(41)18-19-38-39-32(42)28-15-9-12-24-11-6-7-14-27(24)28;/h6-21H,5,22H2,1-4H3,(H,39,42);/b31-18-,38-19+;. The summed E-state index contributed by atoms with van der Waals surface area (Å²) < 4.78 is 40.7. The van der Waals surface area contributed by atoms with Crippen LogP contribution in [-0.2, 0) is 34.8 Å². The fraction of sp³-hybridized carbons (Fsp3) is 0.235. The van der Waals surface area contributed by atoms with E-state index < -0.39 is 17.2 Å². The van der Waals surface area contributed by atoms with Gasteiger partial charge in [-0.2, -0.15) is 18.3 Å². The molecule has 0 amide bonds. The molecule has 0 bridgehead atoms. The van der Waals surface area contributed by atoms with E-state index in [0.717, 1.165) is 39.5 Å². The van der Waals surface area contributed by atoms with Crippen molar-refractivity contribution in [2.75, 3.05) is 30.4 Å². The van der Waals surface area contributed by atoms with Crippen LogP contribution in [0.25, 0.3) is 10.8 Å². The quantitative estimate of drug-likeness (QED) is 0.128. The molecule has 4 aromatic carbocycles. The van der Waals surface area contributed by atoms with Crippen LogP contribution >= 0.6 is 0 Å². The summed E-state index contributed by atoms with van der Waals surface area (Å²) in [6.07, 6.45) is -0.705. The summed E-state index contributed by atoms with van der Waals surface area (Å²) >= 11 is 0. The maximum absolute atomic E-state index is 13.6. The number of allylic oxidation sites excluding steroid dienone is 2. The number of halogens is 3. The van der Waals surface area contributed by atoms with Gasteiger partial charge in [-0.15, -0.1) is 5.10 Å². The number of rotatable bonds is 7. The molecule has 1 aliphatic rings. The van der Waals surface area contributed by atoms with Gasteiger partial charge in [0.1, 0.15) is 0 Å². The van der Waals surface area contributed by atoms with Crippen molar-refractivity contribution in [1.82, 2.24) is 0 Å². The smallest absolute Gasteiger partial charge is 0.416 e. The molecule has 0 saturated carbocycles. The number of aliphatic hydroxyl groups excluding tert-OH is 1. The van der Waals surface area contributed by atoms with E-state index in [0.29, 0.717) is 24.1 Å². The van der Waals surface area contributed by atoms with Crippen molar-refractivity contribution in [2.24, 2.45) is 10.2 Å². The first-order valence-corrected chi connectivity index (χ1v) is 13.8. The van der Waals surface area contributed by atoms with Crippen LogP contribution in [0, 0.1) is 0 Å². The molecule has 1 heterocycles. The molecule has 1 aliphatic heterocycles. The van der Waals surface area contributed by atoms with E-state index >= 15 is 0 Å². The Morgan fingerprint density at radius 3 is 2.42 bits per heavy atom. The van der Waals surface area contributed by atoms with Gasteiger partial charge in [-0.05, 0) is 78.6 Å². The number of anilines is 2. The Bertz CT molecular complexity index is 1710. The summed E-state index contributed by atoms with van der Waals surface area (Å²) in [6.45, 7) is 4.74. The number of hydrogen-bond acceptors (Lipinski definition) is 4. The molecule has 43 heavy (non-hydrogen) atoms. The molecule has 0 aliphatic carbocycles. The molecule has 1 N–H and O–H groups in total. The zero-order valence-electron chi connectivity index (χ0n) is 24.4. The molecule has 5 nitrogen and oxygen atoms in total. The summed E-state index contributed by atoms with van der Waals surface area (Å²) in [5.41, 5.74) is 3.75. The molecule has 5 rings (SSSR count). The fourth-order valence-electron chi connectivity index (χ4n) is 5.78. The summed E-state index contributed by atoms with van der Waals surface area (Å²) in [6, 6.07) is 25.0. The Hall–Kier alpha value is -4.08. The third-order valence-electron chi connectivity index (χ3n) is 7.85. The molecule has 1 atom stereocenters. The molecular formula is C34H33CoF3N4O. The Morgan fingerprint density at radius 1 is 0.977 bits per heavy atom. The SMILES string of the molecule is CCN1\C(=C/C=N/N=C(\O)c2cccc3ccccc23)C(C)(Cc2cccc(C(F)(F)F)c2)c2cc(N(C)C)ccc21.[Co]. The van der Waals surface area contributed by atoms with E-state index in [1.54, 1.807) is 12.1 Å². The normalized spacial score (nSPS) is 17.9. The van der Waals surface area contributed by atoms with Gasteiger partial charge < -0.3 is 14.9 Å². The molecule has 0 aromatic heterocycles. The van der Waals surface area contributed by atoms with Crippen LogP contribution in [0.4, 0.5) is 24.5 Å². The Kier molecular flexibility index (Phi) is 9.37. The van der Waals surface area contributed by atoms with Gasteiger partial charge in [0, 0.05) is 65.5 Å². The predicted molar refractivity (Wildman–Crippen MR) is 166 cm³/mol. The third-order valence-corrected chi connectivity index (χ3v) is 7.85. The van der Waals surface area contributed by atoms with Crippen LogP contribution in [0.2, 0.25) is 0 Å². The van der Waals surface area contributed by atoms with Crippen LogP contribution in [-0.4, -0.2) is 37.9 Å². The molecule has 0 fully saturated rings. The Labute approximate surface area is 260 Å². The van der Waals surface area contributed by atoms with E-state index in [-0.39, 0.29) is 22.7 Å². The predicted octanol–water partition coefficient (Wildman–Crippen LogP) is 8.14. The van der Waals surface area contributed by atoms with Crippen molar-refractivity contribution in [2.45, 2.75) is 31.9 Å². The summed E-state index contributed by atoms with van der Waals surface area (Å²) in [5.74, 6) is -0.203. The number of benzene rings is 4. The average Bonchev–Trinajstić information content (AvgIpc) is 3.20. The van der Waals surface area contributed by atoms with Crippen molar-refractivity contribution in [1.29, 1.82) is 0 Å². The van der Waals surface area contributed by atoms with Crippen LogP contribution in [0.5, 0.6) is 0 Å². The second-order valence-electron chi connectivity index (χ2n) is 10.8. The minimum Gasteiger partial charge on any atom is -0.492 e. The van der Waals surface area contributed by atoms with Crippen LogP contribution < -0.4 is 9.80 Å². The zero-order chi connectivity index (χ0) is 30.1. The van der Waals surface area contributed by atoms with Crippen molar-refractivity contribution in [3.05, 3.63) is 119 Å². The van der Waals surface area contributed by atoms with Crippen molar-refractivity contribution < 1.29 is 35.1 Å². The number of nitrogens with zero attached hydrogens (tertiary/aromatic N) is 4. The first kappa shape index (κ1) is 31.8. The Balaban J connectivity index is 0.00000423. The molecule has 1 unspecified atom stereocenters. The van der Waals surface area contributed by atoms with E-state index in [2.05, 4.69) is 34.2 Å². The van der Waals surface area contributed by atoms with Gasteiger partial charge in [-0.3, -0.25) is 0 Å².